The van der Waals surface area contributed by atoms with Gasteiger partial charge in [-0.05, 0) is 30.7 Å². The molecule has 176 valence electrons. The lowest BCUT2D eigenvalue weighted by atomic mass is 9.91. The van der Waals surface area contributed by atoms with Crippen molar-refractivity contribution < 1.29 is 4.79 Å². The number of nitrogens with one attached hydrogen (secondary N) is 7. The predicted octanol–water partition coefficient (Wildman–Crippen LogP) is -1.78. The number of carbonyl (C=O) groups is 1. The molecule has 4 aliphatic rings. The molecule has 0 radical (unpaired) electrons. The van der Waals surface area contributed by atoms with E-state index in [1.54, 1.807) is 0 Å². The molecule has 4 unspecified atom stereocenters. The van der Waals surface area contributed by atoms with E-state index in [1.165, 1.54) is 5.56 Å². The van der Waals surface area contributed by atoms with E-state index in [4.69, 9.17) is 0 Å². The number of fused-ring (bicyclic) bond motifs is 1. The number of rotatable bonds is 5. The molecule has 4 fully saturated rings. The molecule has 4 aliphatic heterocycles. The van der Waals surface area contributed by atoms with Gasteiger partial charge in [0.1, 0.15) is 6.29 Å². The highest BCUT2D eigenvalue weighted by atomic mass is 16.2. The molecule has 0 spiro atoms. The molecule has 0 aromatic heterocycles. The van der Waals surface area contributed by atoms with Gasteiger partial charge in [0.15, 0.2) is 0 Å². The monoisotopic (exact) mass is 443 g/mol. The molecule has 0 aliphatic carbocycles. The summed E-state index contributed by atoms with van der Waals surface area (Å²) in [6, 6.07) is 8.74. The van der Waals surface area contributed by atoms with Crippen LogP contribution in [0.2, 0.25) is 0 Å². The molecule has 5 rings (SSSR count). The summed E-state index contributed by atoms with van der Waals surface area (Å²) >= 11 is 0. The molecule has 10 heteroatoms. The average molecular weight is 444 g/mol. The first-order valence-electron chi connectivity index (χ1n) is 12.0. The zero-order valence-corrected chi connectivity index (χ0v) is 18.7. The lowest BCUT2D eigenvalue weighted by molar-refractivity contribution is -0.132. The van der Waals surface area contributed by atoms with Crippen LogP contribution in [0.3, 0.4) is 0 Å². The second kappa shape index (κ2) is 10.4. The molecule has 1 aromatic rings. The van der Waals surface area contributed by atoms with Crippen molar-refractivity contribution in [3.05, 3.63) is 29.8 Å². The van der Waals surface area contributed by atoms with Crippen molar-refractivity contribution in [2.45, 2.75) is 31.5 Å². The average Bonchev–Trinajstić information content (AvgIpc) is 3.11. The highest BCUT2D eigenvalue weighted by Crippen LogP contribution is 2.22. The Morgan fingerprint density at radius 1 is 0.938 bits per heavy atom. The van der Waals surface area contributed by atoms with E-state index in [2.05, 4.69) is 71.5 Å². The molecule has 4 saturated heterocycles. The number of benzene rings is 1. The summed E-state index contributed by atoms with van der Waals surface area (Å²) in [6.07, 6.45) is 1.01. The topological polar surface area (TPSA) is 108 Å². The van der Waals surface area contributed by atoms with Gasteiger partial charge < -0.3 is 16.0 Å². The molecule has 1 amide bonds. The number of piperazine rings is 1. The van der Waals surface area contributed by atoms with E-state index < -0.39 is 0 Å². The molecular weight excluding hydrogens is 406 g/mol. The molecule has 7 N–H and O–H groups in total. The van der Waals surface area contributed by atoms with Crippen LogP contribution in [0, 0.1) is 5.92 Å². The molecule has 32 heavy (non-hydrogen) atoms. The van der Waals surface area contributed by atoms with Crippen molar-refractivity contribution >= 4 is 11.6 Å². The molecule has 10 nitrogen and oxygen atoms in total. The molecule has 1 aromatic carbocycles. The van der Waals surface area contributed by atoms with Crippen molar-refractivity contribution in [3.8, 4) is 0 Å². The van der Waals surface area contributed by atoms with Crippen molar-refractivity contribution in [2.75, 3.05) is 64.2 Å². The minimum atomic E-state index is -0.196. The van der Waals surface area contributed by atoms with Crippen LogP contribution in [0.5, 0.6) is 0 Å². The standard InChI is InChI=1S/C22H37N9O/c32-21-19-18(14-25-29-21)27-22(31-10-1-6-23-9-13-31)28-20(19)26-17-4-2-16(3-5-17)15-30-11-7-24-8-12-30/h2-5,18-20,22-28H,1,6-15H2,(H,29,32). The third-order valence-electron chi connectivity index (χ3n) is 6.97. The minimum absolute atomic E-state index is 0.0186. The zero-order chi connectivity index (χ0) is 21.8. The maximum absolute atomic E-state index is 12.7. The number of nitrogens with zero attached hydrogens (tertiary/aromatic N) is 2. The summed E-state index contributed by atoms with van der Waals surface area (Å²) in [7, 11) is 0. The van der Waals surface area contributed by atoms with E-state index in [0.29, 0.717) is 6.54 Å². The summed E-state index contributed by atoms with van der Waals surface area (Å²) in [5.74, 6) is -0.178. The second-order valence-corrected chi connectivity index (χ2v) is 9.22. The van der Waals surface area contributed by atoms with Gasteiger partial charge in [-0.3, -0.25) is 30.7 Å². The van der Waals surface area contributed by atoms with Crippen LogP contribution < -0.4 is 37.4 Å². The fourth-order valence-electron chi connectivity index (χ4n) is 5.19. The van der Waals surface area contributed by atoms with E-state index in [-0.39, 0.29) is 30.3 Å². The first-order valence-corrected chi connectivity index (χ1v) is 12.0. The third kappa shape index (κ3) is 5.23. The number of carbonyl (C=O) groups excluding carboxylic acids is 1. The Balaban J connectivity index is 1.26. The highest BCUT2D eigenvalue weighted by molar-refractivity contribution is 5.81. The summed E-state index contributed by atoms with van der Waals surface area (Å²) in [6.45, 7) is 10.1. The van der Waals surface area contributed by atoms with Crippen molar-refractivity contribution in [3.63, 3.8) is 0 Å². The van der Waals surface area contributed by atoms with Gasteiger partial charge in [0.25, 0.3) is 0 Å². The van der Waals surface area contributed by atoms with Crippen molar-refractivity contribution in [1.29, 1.82) is 0 Å². The van der Waals surface area contributed by atoms with E-state index in [9.17, 15) is 4.79 Å². The van der Waals surface area contributed by atoms with Crippen molar-refractivity contribution in [2.24, 2.45) is 5.92 Å². The molecular formula is C22H37N9O. The summed E-state index contributed by atoms with van der Waals surface area (Å²) in [4.78, 5) is 17.6. The van der Waals surface area contributed by atoms with Crippen LogP contribution in [0.25, 0.3) is 0 Å². The van der Waals surface area contributed by atoms with Gasteiger partial charge >= 0.3 is 0 Å². The third-order valence-corrected chi connectivity index (χ3v) is 6.97. The zero-order valence-electron chi connectivity index (χ0n) is 18.7. The Bertz CT molecular complexity index is 746. The fraction of sp³-hybridized carbons (Fsp3) is 0.682. The van der Waals surface area contributed by atoms with Gasteiger partial charge in [-0.15, -0.1) is 0 Å². The van der Waals surface area contributed by atoms with Crippen LogP contribution in [0.4, 0.5) is 5.69 Å². The Hall–Kier alpha value is -1.79. The first kappa shape index (κ1) is 22.0. The van der Waals surface area contributed by atoms with Gasteiger partial charge in [0.2, 0.25) is 5.91 Å². The van der Waals surface area contributed by atoms with E-state index in [1.807, 2.05) is 0 Å². The summed E-state index contributed by atoms with van der Waals surface area (Å²) in [5.41, 5.74) is 8.21. The van der Waals surface area contributed by atoms with Gasteiger partial charge in [0.05, 0.1) is 12.1 Å². The largest absolute Gasteiger partial charge is 0.369 e. The lowest BCUT2D eigenvalue weighted by Gasteiger charge is -2.48. The number of hydrogen-bond donors (Lipinski definition) is 7. The fourth-order valence-corrected chi connectivity index (χ4v) is 5.19. The number of hydrazine groups is 1. The van der Waals surface area contributed by atoms with Crippen LogP contribution >= 0.6 is 0 Å². The molecule has 4 heterocycles. The van der Waals surface area contributed by atoms with Crippen LogP contribution in [0.15, 0.2) is 24.3 Å². The highest BCUT2D eigenvalue weighted by Gasteiger charge is 2.44. The Morgan fingerprint density at radius 3 is 2.56 bits per heavy atom. The normalized spacial score (nSPS) is 32.6. The second-order valence-electron chi connectivity index (χ2n) is 9.22. The summed E-state index contributed by atoms with van der Waals surface area (Å²) < 4.78 is 0. The number of amides is 1. The maximum Gasteiger partial charge on any atom is 0.242 e. The van der Waals surface area contributed by atoms with E-state index in [0.717, 1.165) is 71.0 Å². The van der Waals surface area contributed by atoms with Gasteiger partial charge in [-0.25, -0.2) is 5.43 Å². The summed E-state index contributed by atoms with van der Waals surface area (Å²) in [5, 5.41) is 17.8. The molecule has 0 saturated carbocycles. The van der Waals surface area contributed by atoms with Crippen LogP contribution in [-0.4, -0.2) is 93.1 Å². The van der Waals surface area contributed by atoms with Gasteiger partial charge in [0, 0.05) is 70.6 Å². The molecule has 0 bridgehead atoms. The quantitative estimate of drug-likeness (QED) is 0.284. The van der Waals surface area contributed by atoms with E-state index >= 15 is 0 Å². The van der Waals surface area contributed by atoms with Gasteiger partial charge in [-0.1, -0.05) is 12.1 Å². The maximum atomic E-state index is 12.7. The minimum Gasteiger partial charge on any atom is -0.369 e. The Kier molecular flexibility index (Phi) is 7.18. The van der Waals surface area contributed by atoms with Gasteiger partial charge in [-0.2, -0.15) is 0 Å². The predicted molar refractivity (Wildman–Crippen MR) is 125 cm³/mol. The van der Waals surface area contributed by atoms with Crippen LogP contribution in [0.1, 0.15) is 12.0 Å². The SMILES string of the molecule is O=C1NNCC2NC(N3CCCNCC3)NC(Nc3ccc(CN4CCNCC4)cc3)C12. The molecule has 4 atom stereocenters. The number of hydrogen-bond acceptors (Lipinski definition) is 9. The Morgan fingerprint density at radius 2 is 1.72 bits per heavy atom. The first-order chi connectivity index (χ1) is 15.8. The van der Waals surface area contributed by atoms with Crippen LogP contribution in [-0.2, 0) is 11.3 Å². The smallest absolute Gasteiger partial charge is 0.242 e. The Labute approximate surface area is 190 Å². The lowest BCUT2D eigenvalue weighted by Crippen LogP contribution is -2.76. The number of anilines is 1. The van der Waals surface area contributed by atoms with Crippen molar-refractivity contribution in [1.82, 2.24) is 41.9 Å².